The summed E-state index contributed by atoms with van der Waals surface area (Å²) in [6, 6.07) is 9.74. The molecular formula is C22H21FN6O2S. The molecule has 1 aliphatic rings. The third-order valence-corrected chi connectivity index (χ3v) is 6.65. The molecule has 10 heteroatoms. The summed E-state index contributed by atoms with van der Waals surface area (Å²) in [5.41, 5.74) is 3.19. The van der Waals surface area contributed by atoms with E-state index in [4.69, 9.17) is 0 Å². The van der Waals surface area contributed by atoms with Gasteiger partial charge in [-0.25, -0.2) is 4.39 Å². The molecule has 0 spiro atoms. The number of nitriles is 1. The molecule has 1 aliphatic carbocycles. The van der Waals surface area contributed by atoms with E-state index in [9.17, 15) is 19.7 Å². The molecular weight excluding hydrogens is 431 g/mol. The lowest BCUT2D eigenvalue weighted by Gasteiger charge is -2.15. The molecule has 0 radical (unpaired) electrons. The Morgan fingerprint density at radius 3 is 2.75 bits per heavy atom. The van der Waals surface area contributed by atoms with Gasteiger partial charge in [0.05, 0.1) is 22.5 Å². The normalized spacial score (nSPS) is 13.7. The van der Waals surface area contributed by atoms with Crippen LogP contribution in [0.1, 0.15) is 53.1 Å². The maximum Gasteiger partial charge on any atom is 0.257 e. The van der Waals surface area contributed by atoms with Gasteiger partial charge in [0.1, 0.15) is 18.2 Å². The topological polar surface area (TPSA) is 116 Å². The largest absolute Gasteiger partial charge is 0.318 e. The molecule has 4 rings (SSSR count). The lowest BCUT2D eigenvalue weighted by atomic mass is 9.95. The van der Waals surface area contributed by atoms with Crippen molar-refractivity contribution in [3.8, 4) is 6.07 Å². The lowest BCUT2D eigenvalue weighted by molar-refractivity contribution is 0.102. The van der Waals surface area contributed by atoms with Gasteiger partial charge in [-0.05, 0) is 66.4 Å². The second-order valence-corrected chi connectivity index (χ2v) is 8.63. The molecule has 1 saturated carbocycles. The minimum atomic E-state index is -0.641. The first kappa shape index (κ1) is 21.8. The number of amides is 1. The van der Waals surface area contributed by atoms with E-state index in [1.54, 1.807) is 29.8 Å². The summed E-state index contributed by atoms with van der Waals surface area (Å²) in [5, 5.41) is 29.8. The monoisotopic (exact) mass is 452 g/mol. The van der Waals surface area contributed by atoms with Crippen LogP contribution in [0.15, 0.2) is 46.7 Å². The number of carbonyl (C=O) groups excluding carboxylic acids is 1. The Hall–Kier alpha value is -3.42. The third kappa shape index (κ3) is 4.44. The fraction of sp³-hybridized carbons (Fsp3) is 0.273. The summed E-state index contributed by atoms with van der Waals surface area (Å²) in [7, 11) is 1.77. The van der Waals surface area contributed by atoms with Crippen LogP contribution in [0.4, 0.5) is 15.8 Å². The van der Waals surface area contributed by atoms with Gasteiger partial charge in [-0.2, -0.15) is 5.26 Å². The Morgan fingerprint density at radius 2 is 2.09 bits per heavy atom. The van der Waals surface area contributed by atoms with E-state index >= 15 is 0 Å². The van der Waals surface area contributed by atoms with E-state index in [1.165, 1.54) is 30.2 Å². The molecule has 1 heterocycles. The minimum absolute atomic E-state index is 0.0826. The zero-order valence-corrected chi connectivity index (χ0v) is 18.1. The predicted molar refractivity (Wildman–Crippen MR) is 117 cm³/mol. The average molecular weight is 453 g/mol. The Bertz CT molecular complexity index is 1200. The number of halogens is 1. The van der Waals surface area contributed by atoms with Crippen molar-refractivity contribution in [1.82, 2.24) is 14.8 Å². The van der Waals surface area contributed by atoms with Crippen LogP contribution >= 0.6 is 11.8 Å². The van der Waals surface area contributed by atoms with E-state index in [0.29, 0.717) is 10.1 Å². The SMILES string of the molecule is Cn1cnnc1Sc1ccc(NO)cc1C(=O)Nc1c(F)cc(C2CCCC2)cc1C#N. The second kappa shape index (κ2) is 9.38. The summed E-state index contributed by atoms with van der Waals surface area (Å²) in [6.45, 7) is 0. The molecule has 0 aliphatic heterocycles. The molecule has 3 aromatic rings. The van der Waals surface area contributed by atoms with E-state index in [1.807, 2.05) is 11.5 Å². The molecule has 0 bridgehead atoms. The van der Waals surface area contributed by atoms with Gasteiger partial charge in [0.25, 0.3) is 5.91 Å². The first-order valence-electron chi connectivity index (χ1n) is 10.1. The van der Waals surface area contributed by atoms with Crippen molar-refractivity contribution in [2.75, 3.05) is 10.8 Å². The number of hydrogen-bond donors (Lipinski definition) is 3. The number of carbonyl (C=O) groups is 1. The fourth-order valence-electron chi connectivity index (χ4n) is 3.85. The Labute approximate surface area is 188 Å². The molecule has 2 aromatic carbocycles. The Kier molecular flexibility index (Phi) is 6.39. The molecule has 164 valence electrons. The molecule has 0 saturated heterocycles. The van der Waals surface area contributed by atoms with Crippen molar-refractivity contribution >= 4 is 29.0 Å². The summed E-state index contributed by atoms with van der Waals surface area (Å²) >= 11 is 1.20. The molecule has 32 heavy (non-hydrogen) atoms. The van der Waals surface area contributed by atoms with Gasteiger partial charge in [-0.1, -0.05) is 12.8 Å². The zero-order chi connectivity index (χ0) is 22.7. The first-order valence-corrected chi connectivity index (χ1v) is 10.9. The van der Waals surface area contributed by atoms with Gasteiger partial charge < -0.3 is 9.88 Å². The van der Waals surface area contributed by atoms with Crippen LogP contribution in [0, 0.1) is 17.1 Å². The molecule has 1 aromatic heterocycles. The molecule has 0 atom stereocenters. The third-order valence-electron chi connectivity index (χ3n) is 5.52. The first-order chi connectivity index (χ1) is 15.5. The van der Waals surface area contributed by atoms with E-state index in [0.717, 1.165) is 31.2 Å². The lowest BCUT2D eigenvalue weighted by Crippen LogP contribution is -2.16. The number of aryl methyl sites for hydroxylation is 1. The molecule has 1 fully saturated rings. The smallest absolute Gasteiger partial charge is 0.257 e. The van der Waals surface area contributed by atoms with Crippen LogP contribution in [0.3, 0.4) is 0 Å². The van der Waals surface area contributed by atoms with Crippen molar-refractivity contribution < 1.29 is 14.4 Å². The number of rotatable bonds is 6. The van der Waals surface area contributed by atoms with Gasteiger partial charge >= 0.3 is 0 Å². The molecule has 1 amide bonds. The average Bonchev–Trinajstić information content (AvgIpc) is 3.47. The van der Waals surface area contributed by atoms with Gasteiger partial charge in [0.15, 0.2) is 5.16 Å². The number of benzene rings is 2. The van der Waals surface area contributed by atoms with Crippen molar-refractivity contribution in [1.29, 1.82) is 5.26 Å². The minimum Gasteiger partial charge on any atom is -0.318 e. The number of nitrogens with one attached hydrogen (secondary N) is 2. The summed E-state index contributed by atoms with van der Waals surface area (Å²) in [4.78, 5) is 13.7. The number of nitrogens with zero attached hydrogens (tertiary/aromatic N) is 4. The zero-order valence-electron chi connectivity index (χ0n) is 17.3. The van der Waals surface area contributed by atoms with Crippen LogP contribution in [-0.4, -0.2) is 25.9 Å². The van der Waals surface area contributed by atoms with E-state index in [-0.39, 0.29) is 28.4 Å². The fourth-order valence-corrected chi connectivity index (χ4v) is 4.72. The Morgan fingerprint density at radius 1 is 1.31 bits per heavy atom. The van der Waals surface area contributed by atoms with Gasteiger partial charge in [0.2, 0.25) is 0 Å². The van der Waals surface area contributed by atoms with E-state index in [2.05, 4.69) is 15.5 Å². The molecule has 3 N–H and O–H groups in total. The number of anilines is 2. The van der Waals surface area contributed by atoms with E-state index < -0.39 is 11.7 Å². The van der Waals surface area contributed by atoms with Gasteiger partial charge in [0, 0.05) is 11.9 Å². The highest BCUT2D eigenvalue weighted by atomic mass is 32.2. The van der Waals surface area contributed by atoms with Crippen LogP contribution < -0.4 is 10.8 Å². The summed E-state index contributed by atoms with van der Waals surface area (Å²) in [5.74, 6) is -1.02. The standard InChI is InChI=1S/C22H21FN6O2S/c1-29-12-25-27-22(29)32-19-7-6-16(28-31)10-17(19)21(30)26-20-15(11-24)8-14(9-18(20)23)13-4-2-3-5-13/h6-10,12-13,28,31H,2-5H2,1H3,(H,26,30). The van der Waals surface area contributed by atoms with Crippen LogP contribution in [-0.2, 0) is 7.05 Å². The summed E-state index contributed by atoms with van der Waals surface area (Å²) in [6.07, 6.45) is 5.66. The highest BCUT2D eigenvalue weighted by Gasteiger charge is 2.23. The van der Waals surface area contributed by atoms with Crippen molar-refractivity contribution in [3.63, 3.8) is 0 Å². The second-order valence-electron chi connectivity index (χ2n) is 7.62. The molecule has 8 nitrogen and oxygen atoms in total. The predicted octanol–water partition coefficient (Wildman–Crippen LogP) is 4.69. The van der Waals surface area contributed by atoms with Crippen molar-refractivity contribution in [2.24, 2.45) is 7.05 Å². The Balaban J connectivity index is 1.66. The summed E-state index contributed by atoms with van der Waals surface area (Å²) < 4.78 is 16.7. The quantitative estimate of drug-likeness (QED) is 0.465. The highest BCUT2D eigenvalue weighted by molar-refractivity contribution is 7.99. The van der Waals surface area contributed by atoms with Crippen molar-refractivity contribution in [3.05, 3.63) is 59.2 Å². The van der Waals surface area contributed by atoms with Crippen LogP contribution in [0.5, 0.6) is 0 Å². The number of hydrogen-bond acceptors (Lipinski definition) is 7. The highest BCUT2D eigenvalue weighted by Crippen LogP contribution is 2.37. The molecule has 0 unspecified atom stereocenters. The maximum atomic E-state index is 15.0. The van der Waals surface area contributed by atoms with Crippen LogP contribution in [0.2, 0.25) is 0 Å². The van der Waals surface area contributed by atoms with Gasteiger partial charge in [-0.15, -0.1) is 10.2 Å². The van der Waals surface area contributed by atoms with Crippen molar-refractivity contribution in [2.45, 2.75) is 41.7 Å². The number of aromatic nitrogens is 3. The van der Waals surface area contributed by atoms with Gasteiger partial charge in [-0.3, -0.25) is 15.5 Å². The van der Waals surface area contributed by atoms with Crippen LogP contribution in [0.25, 0.3) is 0 Å². The maximum absolute atomic E-state index is 15.0.